The van der Waals surface area contributed by atoms with Crippen LogP contribution < -0.4 is 0 Å². The highest BCUT2D eigenvalue weighted by atomic mass is 16.3. The van der Waals surface area contributed by atoms with E-state index in [-0.39, 0.29) is 11.9 Å². The molecule has 0 bridgehead atoms. The number of nitrogens with zero attached hydrogens (tertiary/aromatic N) is 2. The fourth-order valence-corrected chi connectivity index (χ4v) is 2.33. The number of hydrogen-bond acceptors (Lipinski definition) is 3. The molecule has 0 spiro atoms. The molecule has 1 aromatic carbocycles. The second kappa shape index (κ2) is 6.27. The van der Waals surface area contributed by atoms with Gasteiger partial charge in [-0.15, -0.1) is 0 Å². The van der Waals surface area contributed by atoms with Crippen LogP contribution in [0.15, 0.2) is 41.0 Å². The Morgan fingerprint density at radius 2 is 2.00 bits per heavy atom. The van der Waals surface area contributed by atoms with Crippen LogP contribution in [-0.4, -0.2) is 17.4 Å². The van der Waals surface area contributed by atoms with Crippen molar-refractivity contribution in [2.24, 2.45) is 0 Å². The summed E-state index contributed by atoms with van der Waals surface area (Å²) in [6.07, 6.45) is 1.53. The quantitative estimate of drug-likeness (QED) is 0.859. The van der Waals surface area contributed by atoms with Gasteiger partial charge in [0.05, 0.1) is 23.9 Å². The molecule has 0 aliphatic heterocycles. The molecule has 2 aromatic rings. The molecule has 4 heteroatoms. The summed E-state index contributed by atoms with van der Waals surface area (Å²) < 4.78 is 5.30. The van der Waals surface area contributed by atoms with Crippen molar-refractivity contribution in [1.29, 1.82) is 5.26 Å². The summed E-state index contributed by atoms with van der Waals surface area (Å²) >= 11 is 0. The average Bonchev–Trinajstić information content (AvgIpc) is 2.94. The second-order valence-electron chi connectivity index (χ2n) is 4.93. The standard InChI is InChI=1S/C17H18N2O2/c1-4-19(17(20)16-12(2)9-10-21-16)13(3)15-7-5-14(11-18)6-8-15/h5-10,13H,4H2,1-3H3. The molecule has 2 rings (SSSR count). The Kier molecular flexibility index (Phi) is 4.44. The minimum Gasteiger partial charge on any atom is -0.459 e. The predicted molar refractivity (Wildman–Crippen MR) is 79.7 cm³/mol. The van der Waals surface area contributed by atoms with Crippen molar-refractivity contribution >= 4 is 5.91 Å². The van der Waals surface area contributed by atoms with Gasteiger partial charge in [0.2, 0.25) is 0 Å². The first-order valence-corrected chi connectivity index (χ1v) is 6.93. The van der Waals surface area contributed by atoms with Crippen LogP contribution in [0.5, 0.6) is 0 Å². The van der Waals surface area contributed by atoms with Crippen LogP contribution in [0.1, 0.15) is 47.1 Å². The van der Waals surface area contributed by atoms with Crippen LogP contribution in [0, 0.1) is 18.3 Å². The van der Waals surface area contributed by atoms with E-state index in [0.29, 0.717) is 17.9 Å². The SMILES string of the molecule is CCN(C(=O)c1occc1C)C(C)c1ccc(C#N)cc1. The molecule has 1 amide bonds. The Balaban J connectivity index is 2.26. The molecule has 4 nitrogen and oxygen atoms in total. The van der Waals surface area contributed by atoms with E-state index in [0.717, 1.165) is 11.1 Å². The van der Waals surface area contributed by atoms with E-state index < -0.39 is 0 Å². The van der Waals surface area contributed by atoms with Crippen molar-refractivity contribution in [3.63, 3.8) is 0 Å². The summed E-state index contributed by atoms with van der Waals surface area (Å²) in [5.74, 6) is 0.272. The Bertz CT molecular complexity index is 665. The lowest BCUT2D eigenvalue weighted by Gasteiger charge is -2.28. The van der Waals surface area contributed by atoms with Gasteiger partial charge in [-0.05, 0) is 44.5 Å². The van der Waals surface area contributed by atoms with Crippen molar-refractivity contribution in [2.45, 2.75) is 26.8 Å². The molecule has 0 aliphatic carbocycles. The maximum Gasteiger partial charge on any atom is 0.290 e. The number of furan rings is 1. The molecule has 21 heavy (non-hydrogen) atoms. The molecule has 1 atom stereocenters. The number of amides is 1. The van der Waals surface area contributed by atoms with Crippen LogP contribution >= 0.6 is 0 Å². The van der Waals surface area contributed by atoms with Gasteiger partial charge in [0.1, 0.15) is 0 Å². The van der Waals surface area contributed by atoms with Crippen molar-refractivity contribution in [3.05, 3.63) is 59.0 Å². The van der Waals surface area contributed by atoms with Gasteiger partial charge in [-0.25, -0.2) is 0 Å². The molecule has 1 aromatic heterocycles. The predicted octanol–water partition coefficient (Wildman–Crippen LogP) is 3.68. The highest BCUT2D eigenvalue weighted by Crippen LogP contribution is 2.23. The number of hydrogen-bond donors (Lipinski definition) is 0. The van der Waals surface area contributed by atoms with E-state index in [1.54, 1.807) is 23.1 Å². The third kappa shape index (κ3) is 2.97. The zero-order chi connectivity index (χ0) is 15.4. The maximum atomic E-state index is 12.6. The number of aryl methyl sites for hydroxylation is 1. The maximum absolute atomic E-state index is 12.6. The molecule has 0 saturated carbocycles. The molecule has 1 unspecified atom stereocenters. The summed E-state index contributed by atoms with van der Waals surface area (Å²) in [5, 5.41) is 8.84. The highest BCUT2D eigenvalue weighted by molar-refractivity contribution is 5.93. The Hall–Kier alpha value is -2.54. The molecular formula is C17H18N2O2. The van der Waals surface area contributed by atoms with Gasteiger partial charge in [0.15, 0.2) is 5.76 Å². The van der Waals surface area contributed by atoms with Gasteiger partial charge in [0, 0.05) is 12.1 Å². The summed E-state index contributed by atoms with van der Waals surface area (Å²) in [4.78, 5) is 14.3. The van der Waals surface area contributed by atoms with Gasteiger partial charge in [-0.2, -0.15) is 5.26 Å². The van der Waals surface area contributed by atoms with Gasteiger partial charge < -0.3 is 9.32 Å². The molecule has 108 valence electrons. The van der Waals surface area contributed by atoms with Crippen LogP contribution in [-0.2, 0) is 0 Å². The Morgan fingerprint density at radius 3 is 2.48 bits per heavy atom. The van der Waals surface area contributed by atoms with Crippen LogP contribution in [0.3, 0.4) is 0 Å². The average molecular weight is 282 g/mol. The van der Waals surface area contributed by atoms with Gasteiger partial charge in [0.25, 0.3) is 5.91 Å². The Labute approximate surface area is 124 Å². The minimum atomic E-state index is -0.114. The zero-order valence-electron chi connectivity index (χ0n) is 12.5. The van der Waals surface area contributed by atoms with Gasteiger partial charge in [-0.3, -0.25) is 4.79 Å². The first-order valence-electron chi connectivity index (χ1n) is 6.93. The molecule has 0 saturated heterocycles. The fourth-order valence-electron chi connectivity index (χ4n) is 2.33. The summed E-state index contributed by atoms with van der Waals surface area (Å²) in [7, 11) is 0. The molecular weight excluding hydrogens is 264 g/mol. The minimum absolute atomic E-state index is 0.0836. The molecule has 0 radical (unpaired) electrons. The van der Waals surface area contributed by atoms with Gasteiger partial charge >= 0.3 is 0 Å². The lowest BCUT2D eigenvalue weighted by atomic mass is 10.0. The lowest BCUT2D eigenvalue weighted by Crippen LogP contribution is -2.33. The third-order valence-electron chi connectivity index (χ3n) is 3.65. The second-order valence-corrected chi connectivity index (χ2v) is 4.93. The normalized spacial score (nSPS) is 11.7. The molecule has 0 aliphatic rings. The number of nitriles is 1. The first-order chi connectivity index (χ1) is 10.1. The van der Waals surface area contributed by atoms with E-state index in [2.05, 4.69) is 6.07 Å². The Morgan fingerprint density at radius 1 is 1.33 bits per heavy atom. The van der Waals surface area contributed by atoms with Crippen LogP contribution in [0.4, 0.5) is 0 Å². The highest BCUT2D eigenvalue weighted by Gasteiger charge is 2.24. The number of carbonyl (C=O) groups is 1. The number of benzene rings is 1. The van der Waals surface area contributed by atoms with Crippen molar-refractivity contribution in [3.8, 4) is 6.07 Å². The molecule has 0 N–H and O–H groups in total. The van der Waals surface area contributed by atoms with Crippen LogP contribution in [0.2, 0.25) is 0 Å². The van der Waals surface area contributed by atoms with E-state index in [4.69, 9.17) is 9.68 Å². The smallest absolute Gasteiger partial charge is 0.290 e. The van der Waals surface area contributed by atoms with E-state index in [9.17, 15) is 4.79 Å². The number of rotatable bonds is 4. The first kappa shape index (κ1) is 14.9. The van der Waals surface area contributed by atoms with Crippen molar-refractivity contribution in [2.75, 3.05) is 6.54 Å². The van der Waals surface area contributed by atoms with Crippen molar-refractivity contribution < 1.29 is 9.21 Å². The summed E-state index contributed by atoms with van der Waals surface area (Å²) in [5.41, 5.74) is 2.45. The van der Waals surface area contributed by atoms with Crippen molar-refractivity contribution in [1.82, 2.24) is 4.90 Å². The largest absolute Gasteiger partial charge is 0.459 e. The fraction of sp³-hybridized carbons (Fsp3) is 0.294. The lowest BCUT2D eigenvalue weighted by molar-refractivity contribution is 0.0668. The number of carbonyl (C=O) groups excluding carboxylic acids is 1. The van der Waals surface area contributed by atoms with E-state index >= 15 is 0 Å². The summed E-state index contributed by atoms with van der Waals surface area (Å²) in [6.45, 7) is 6.36. The monoisotopic (exact) mass is 282 g/mol. The topological polar surface area (TPSA) is 57.2 Å². The van der Waals surface area contributed by atoms with E-state index in [1.165, 1.54) is 6.26 Å². The van der Waals surface area contributed by atoms with Crippen LogP contribution in [0.25, 0.3) is 0 Å². The van der Waals surface area contributed by atoms with Gasteiger partial charge in [-0.1, -0.05) is 12.1 Å². The van der Waals surface area contributed by atoms with E-state index in [1.807, 2.05) is 32.9 Å². The summed E-state index contributed by atoms with van der Waals surface area (Å²) in [6, 6.07) is 11.1. The molecule has 1 heterocycles. The third-order valence-corrected chi connectivity index (χ3v) is 3.65. The zero-order valence-corrected chi connectivity index (χ0v) is 12.5. The molecule has 0 fully saturated rings.